The molecule has 0 radical (unpaired) electrons. The largest absolute Gasteiger partial charge is 0.455 e. The minimum atomic E-state index is -3.86. The van der Waals surface area contributed by atoms with E-state index < -0.39 is 35.1 Å². The number of anilines is 1. The molecule has 2 N–H and O–H groups in total. The van der Waals surface area contributed by atoms with Crippen molar-refractivity contribution in [2.45, 2.75) is 13.8 Å². The highest BCUT2D eigenvalue weighted by Crippen LogP contribution is 2.15. The van der Waals surface area contributed by atoms with Crippen molar-refractivity contribution in [1.82, 2.24) is 4.72 Å². The molecule has 9 heteroatoms. The van der Waals surface area contributed by atoms with E-state index in [1.165, 1.54) is 13.0 Å². The number of amides is 1. The summed E-state index contributed by atoms with van der Waals surface area (Å²) in [5.41, 5.74) is 2.36. The first kappa shape index (κ1) is 23.0. The van der Waals surface area contributed by atoms with Gasteiger partial charge in [-0.3, -0.25) is 14.4 Å². The summed E-state index contributed by atoms with van der Waals surface area (Å²) in [5.74, 6) is -1.80. The quantitative estimate of drug-likeness (QED) is 0.465. The van der Waals surface area contributed by atoms with Gasteiger partial charge < -0.3 is 10.1 Å². The van der Waals surface area contributed by atoms with Crippen molar-refractivity contribution in [3.63, 3.8) is 0 Å². The van der Waals surface area contributed by atoms with Crippen LogP contribution >= 0.6 is 0 Å². The van der Waals surface area contributed by atoms with Crippen LogP contribution in [0.5, 0.6) is 0 Å². The summed E-state index contributed by atoms with van der Waals surface area (Å²) < 4.78 is 30.7. The zero-order valence-corrected chi connectivity index (χ0v) is 17.4. The number of ether oxygens (including phenoxy) is 1. The fourth-order valence-corrected chi connectivity index (χ4v) is 3.09. The summed E-state index contributed by atoms with van der Waals surface area (Å²) in [4.78, 5) is 35.2. The summed E-state index contributed by atoms with van der Waals surface area (Å²) >= 11 is 0. The Labute approximate surface area is 175 Å². The Bertz CT molecular complexity index is 1060. The molecule has 0 fully saturated rings. The molecule has 2 aromatic rings. The van der Waals surface area contributed by atoms with Crippen LogP contribution in [-0.4, -0.2) is 39.2 Å². The minimum absolute atomic E-state index is 0.226. The average molecular weight is 430 g/mol. The molecule has 0 saturated carbocycles. The van der Waals surface area contributed by atoms with Crippen molar-refractivity contribution in [2.75, 3.05) is 18.5 Å². The van der Waals surface area contributed by atoms with Crippen LogP contribution in [0.4, 0.5) is 5.69 Å². The van der Waals surface area contributed by atoms with Crippen molar-refractivity contribution < 1.29 is 27.5 Å². The van der Waals surface area contributed by atoms with Crippen LogP contribution in [0.1, 0.15) is 28.4 Å². The van der Waals surface area contributed by atoms with E-state index in [1.807, 2.05) is 19.1 Å². The Morgan fingerprint density at radius 2 is 1.70 bits per heavy atom. The van der Waals surface area contributed by atoms with E-state index in [-0.39, 0.29) is 5.78 Å². The lowest BCUT2D eigenvalue weighted by atomic mass is 10.1. The Balaban J connectivity index is 1.81. The van der Waals surface area contributed by atoms with E-state index >= 15 is 0 Å². The maximum absolute atomic E-state index is 11.9. The molecule has 0 heterocycles. The number of hydrogen-bond acceptors (Lipinski definition) is 6. The van der Waals surface area contributed by atoms with Gasteiger partial charge in [0.05, 0.1) is 5.69 Å². The zero-order valence-electron chi connectivity index (χ0n) is 16.5. The van der Waals surface area contributed by atoms with E-state index in [0.717, 1.165) is 11.0 Å². The van der Waals surface area contributed by atoms with Crippen molar-refractivity contribution >= 4 is 39.4 Å². The standard InChI is InChI=1S/C21H22N2O6S/c1-15-7-9-17(10-8-15)11-12-30(27,28)22-13-21(26)29-14-20(25)23-19-6-4-3-5-18(19)16(2)24/h3-12,22H,13-14H2,1-2H3,(H,23,25)/b12-11+. The first-order chi connectivity index (χ1) is 14.2. The van der Waals surface area contributed by atoms with Gasteiger partial charge in [0.1, 0.15) is 6.54 Å². The van der Waals surface area contributed by atoms with Crippen molar-refractivity contribution in [1.29, 1.82) is 0 Å². The van der Waals surface area contributed by atoms with Crippen LogP contribution in [0.3, 0.4) is 0 Å². The third-order valence-corrected chi connectivity index (χ3v) is 4.92. The maximum atomic E-state index is 11.9. The van der Waals surface area contributed by atoms with Gasteiger partial charge in [-0.05, 0) is 37.6 Å². The number of aryl methyl sites for hydroxylation is 1. The van der Waals surface area contributed by atoms with Crippen LogP contribution in [0.25, 0.3) is 6.08 Å². The lowest BCUT2D eigenvalue weighted by molar-refractivity contribution is -0.146. The van der Waals surface area contributed by atoms with E-state index in [4.69, 9.17) is 4.74 Å². The lowest BCUT2D eigenvalue weighted by Gasteiger charge is -2.09. The van der Waals surface area contributed by atoms with E-state index in [9.17, 15) is 22.8 Å². The average Bonchev–Trinajstić information content (AvgIpc) is 2.71. The summed E-state index contributed by atoms with van der Waals surface area (Å²) in [7, 11) is -3.86. The molecule has 0 aliphatic carbocycles. The van der Waals surface area contributed by atoms with Crippen molar-refractivity contribution in [3.8, 4) is 0 Å². The molecule has 2 rings (SSSR count). The molecule has 8 nitrogen and oxygen atoms in total. The Hall–Kier alpha value is -3.30. The van der Waals surface area contributed by atoms with Crippen LogP contribution < -0.4 is 10.0 Å². The molecule has 0 saturated heterocycles. The second-order valence-corrected chi connectivity index (χ2v) is 8.04. The fraction of sp³-hybridized carbons (Fsp3) is 0.190. The number of esters is 1. The zero-order chi connectivity index (χ0) is 22.1. The van der Waals surface area contributed by atoms with Crippen LogP contribution in [0, 0.1) is 6.92 Å². The molecule has 0 bridgehead atoms. The number of para-hydroxylation sites is 1. The molecule has 0 atom stereocenters. The van der Waals surface area contributed by atoms with Gasteiger partial charge in [-0.2, -0.15) is 0 Å². The fourth-order valence-electron chi connectivity index (χ4n) is 2.34. The summed E-state index contributed by atoms with van der Waals surface area (Å²) in [5, 5.41) is 3.42. The van der Waals surface area contributed by atoms with Gasteiger partial charge in [0, 0.05) is 11.0 Å². The van der Waals surface area contributed by atoms with Gasteiger partial charge in [-0.25, -0.2) is 13.1 Å². The third-order valence-electron chi connectivity index (χ3n) is 3.88. The molecule has 0 aromatic heterocycles. The molecule has 2 aromatic carbocycles. The minimum Gasteiger partial charge on any atom is -0.455 e. The van der Waals surface area contributed by atoms with Gasteiger partial charge in [0.25, 0.3) is 5.91 Å². The van der Waals surface area contributed by atoms with Gasteiger partial charge >= 0.3 is 5.97 Å². The van der Waals surface area contributed by atoms with E-state index in [0.29, 0.717) is 16.8 Å². The number of rotatable bonds is 9. The molecule has 158 valence electrons. The number of Topliss-reactive ketones (excluding diaryl/α,β-unsaturated/α-hetero) is 1. The molecular weight excluding hydrogens is 408 g/mol. The lowest BCUT2D eigenvalue weighted by Crippen LogP contribution is -2.31. The predicted octanol–water partition coefficient (Wildman–Crippen LogP) is 2.27. The van der Waals surface area contributed by atoms with Gasteiger partial charge in [0.15, 0.2) is 12.4 Å². The Morgan fingerprint density at radius 3 is 2.37 bits per heavy atom. The van der Waals surface area contributed by atoms with Gasteiger partial charge in [-0.1, -0.05) is 42.0 Å². The molecule has 0 unspecified atom stereocenters. The Kier molecular flexibility index (Phi) is 8.02. The summed E-state index contributed by atoms with van der Waals surface area (Å²) in [6, 6.07) is 13.6. The molecule has 1 amide bonds. The molecular formula is C21H22N2O6S. The van der Waals surface area contributed by atoms with Crippen LogP contribution in [0.2, 0.25) is 0 Å². The SMILES string of the molecule is CC(=O)c1ccccc1NC(=O)COC(=O)CNS(=O)(=O)/C=C/c1ccc(C)cc1. The van der Waals surface area contributed by atoms with Gasteiger partial charge in [-0.15, -0.1) is 0 Å². The monoisotopic (exact) mass is 430 g/mol. The van der Waals surface area contributed by atoms with Crippen LogP contribution in [-0.2, 0) is 24.3 Å². The number of sulfonamides is 1. The second kappa shape index (κ2) is 10.5. The number of nitrogens with one attached hydrogen (secondary N) is 2. The first-order valence-electron chi connectivity index (χ1n) is 8.96. The van der Waals surface area contributed by atoms with E-state index in [1.54, 1.807) is 36.4 Å². The summed E-state index contributed by atoms with van der Waals surface area (Å²) in [6.07, 6.45) is 1.40. The molecule has 0 aliphatic rings. The van der Waals surface area contributed by atoms with Crippen LogP contribution in [0.15, 0.2) is 53.9 Å². The third kappa shape index (κ3) is 7.61. The highest BCUT2D eigenvalue weighted by atomic mass is 32.2. The predicted molar refractivity (Wildman–Crippen MR) is 113 cm³/mol. The number of carbonyl (C=O) groups excluding carboxylic acids is 3. The highest BCUT2D eigenvalue weighted by Gasteiger charge is 2.13. The van der Waals surface area contributed by atoms with Crippen molar-refractivity contribution in [2.24, 2.45) is 0 Å². The second-order valence-electron chi connectivity index (χ2n) is 6.39. The topological polar surface area (TPSA) is 119 Å². The summed E-state index contributed by atoms with van der Waals surface area (Å²) in [6.45, 7) is 2.04. The van der Waals surface area contributed by atoms with Gasteiger partial charge in [0.2, 0.25) is 10.0 Å². The first-order valence-corrected chi connectivity index (χ1v) is 10.5. The van der Waals surface area contributed by atoms with E-state index in [2.05, 4.69) is 10.0 Å². The Morgan fingerprint density at radius 1 is 1.03 bits per heavy atom. The molecule has 0 aliphatic heterocycles. The molecule has 0 spiro atoms. The molecule has 30 heavy (non-hydrogen) atoms. The highest BCUT2D eigenvalue weighted by molar-refractivity contribution is 7.92. The normalized spacial score (nSPS) is 11.3. The number of hydrogen-bond donors (Lipinski definition) is 2. The maximum Gasteiger partial charge on any atom is 0.321 e. The number of ketones is 1. The van der Waals surface area contributed by atoms with Crippen molar-refractivity contribution in [3.05, 3.63) is 70.6 Å². The number of carbonyl (C=O) groups is 3. The number of benzene rings is 2. The smallest absolute Gasteiger partial charge is 0.321 e.